The van der Waals surface area contributed by atoms with Crippen molar-refractivity contribution in [1.82, 2.24) is 4.90 Å². The van der Waals surface area contributed by atoms with Gasteiger partial charge >= 0.3 is 0 Å². The lowest BCUT2D eigenvalue weighted by atomic mass is 9.82. The molecule has 0 unspecified atom stereocenters. The van der Waals surface area contributed by atoms with Crippen LogP contribution < -0.4 is 33.5 Å². The van der Waals surface area contributed by atoms with Gasteiger partial charge in [-0.05, 0) is 48.4 Å². The predicted molar refractivity (Wildman–Crippen MR) is 164 cm³/mol. The first-order valence-corrected chi connectivity index (χ1v) is 14.4. The summed E-state index contributed by atoms with van der Waals surface area (Å²) < 4.78 is 27.4. The summed E-state index contributed by atoms with van der Waals surface area (Å²) in [6, 6.07) is 18.5. The Morgan fingerprint density at radius 3 is 1.77 bits per heavy atom. The molecule has 2 saturated heterocycles. The van der Waals surface area contributed by atoms with Crippen molar-refractivity contribution in [2.24, 2.45) is 5.92 Å². The fraction of sp³-hybridized carbons (Fsp3) is 0.394. The lowest BCUT2D eigenvalue weighted by Gasteiger charge is -2.44. The van der Waals surface area contributed by atoms with Crippen LogP contribution in [0.1, 0.15) is 24.4 Å². The molecule has 2 atom stereocenters. The van der Waals surface area contributed by atoms with Crippen molar-refractivity contribution in [2.75, 3.05) is 71.5 Å². The van der Waals surface area contributed by atoms with Crippen LogP contribution in [0.4, 0.5) is 11.4 Å². The minimum Gasteiger partial charge on any atom is -0.497 e. The van der Waals surface area contributed by atoms with E-state index in [1.165, 1.54) is 21.3 Å². The van der Waals surface area contributed by atoms with Gasteiger partial charge in [0.1, 0.15) is 11.5 Å². The summed E-state index contributed by atoms with van der Waals surface area (Å²) in [5.41, 5.74) is 2.51. The number of anilines is 2. The molecule has 0 aliphatic carbocycles. The van der Waals surface area contributed by atoms with Crippen molar-refractivity contribution in [1.29, 1.82) is 0 Å². The van der Waals surface area contributed by atoms with Crippen LogP contribution in [0.15, 0.2) is 60.7 Å². The highest BCUT2D eigenvalue weighted by Crippen LogP contribution is 2.46. The van der Waals surface area contributed by atoms with Gasteiger partial charge in [-0.25, -0.2) is 0 Å². The van der Waals surface area contributed by atoms with Gasteiger partial charge in [0.15, 0.2) is 11.5 Å². The maximum Gasteiger partial charge on any atom is 0.228 e. The molecule has 0 N–H and O–H groups in total. The number of carbonyl (C=O) groups is 2. The van der Waals surface area contributed by atoms with Crippen molar-refractivity contribution in [3.63, 3.8) is 0 Å². The quantitative estimate of drug-likeness (QED) is 0.359. The average molecular weight is 590 g/mol. The fourth-order valence-corrected chi connectivity index (χ4v) is 6.06. The first-order chi connectivity index (χ1) is 20.9. The number of benzene rings is 3. The number of rotatable bonds is 9. The molecule has 10 heteroatoms. The first kappa shape index (κ1) is 29.9. The second kappa shape index (κ2) is 13.1. The lowest BCUT2D eigenvalue weighted by molar-refractivity contribution is -0.138. The Kier molecular flexibility index (Phi) is 9.13. The number of hydrogen-bond donors (Lipinski definition) is 0. The van der Waals surface area contributed by atoms with E-state index >= 15 is 0 Å². The summed E-state index contributed by atoms with van der Waals surface area (Å²) in [5, 5.41) is 0. The molecule has 2 heterocycles. The van der Waals surface area contributed by atoms with E-state index in [1.807, 2.05) is 53.4 Å². The minimum atomic E-state index is -0.540. The van der Waals surface area contributed by atoms with Crippen molar-refractivity contribution < 1.29 is 33.3 Å². The van der Waals surface area contributed by atoms with Crippen molar-refractivity contribution in [3.05, 3.63) is 66.2 Å². The van der Waals surface area contributed by atoms with E-state index in [9.17, 15) is 9.59 Å². The normalized spacial score (nSPS) is 18.7. The zero-order chi connectivity index (χ0) is 30.5. The molecule has 0 saturated carbocycles. The third kappa shape index (κ3) is 6.00. The SMILES string of the molecule is COc1ccc([C@@H]2[C@H](C(=O)N3CCN(c4ccc(OC)cc4)CC3)CCC(=O)N2c2cc(OC)c(OC)c(OC)c2)cc1. The average Bonchev–Trinajstić information content (AvgIpc) is 3.07. The van der Waals surface area contributed by atoms with Gasteiger partial charge in [0, 0.05) is 50.4 Å². The Bertz CT molecular complexity index is 1390. The van der Waals surface area contributed by atoms with Crippen molar-refractivity contribution in [2.45, 2.75) is 18.9 Å². The van der Waals surface area contributed by atoms with Gasteiger partial charge in [-0.15, -0.1) is 0 Å². The van der Waals surface area contributed by atoms with Crippen molar-refractivity contribution >= 4 is 23.2 Å². The minimum absolute atomic E-state index is 0.0418. The molecule has 3 aromatic carbocycles. The van der Waals surface area contributed by atoms with Crippen LogP contribution in [0.3, 0.4) is 0 Å². The van der Waals surface area contributed by atoms with E-state index in [0.29, 0.717) is 61.3 Å². The Balaban J connectivity index is 1.46. The molecule has 2 aliphatic rings. The van der Waals surface area contributed by atoms with Crippen molar-refractivity contribution in [3.8, 4) is 28.7 Å². The molecule has 0 aromatic heterocycles. The van der Waals surface area contributed by atoms with Gasteiger partial charge in [-0.3, -0.25) is 9.59 Å². The Morgan fingerprint density at radius 1 is 0.698 bits per heavy atom. The number of carbonyl (C=O) groups excluding carboxylic acids is 2. The van der Waals surface area contributed by atoms with Gasteiger partial charge in [0.05, 0.1) is 53.2 Å². The molecule has 2 amide bonds. The molecule has 0 spiro atoms. The maximum absolute atomic E-state index is 14.3. The first-order valence-electron chi connectivity index (χ1n) is 14.4. The van der Waals surface area contributed by atoms with E-state index < -0.39 is 12.0 Å². The number of hydrogen-bond acceptors (Lipinski definition) is 8. The smallest absolute Gasteiger partial charge is 0.228 e. The Morgan fingerprint density at radius 2 is 1.26 bits per heavy atom. The monoisotopic (exact) mass is 589 g/mol. The van der Waals surface area contributed by atoms with Crippen LogP contribution in [0.2, 0.25) is 0 Å². The summed E-state index contributed by atoms with van der Waals surface area (Å²) in [4.78, 5) is 33.9. The van der Waals surface area contributed by atoms with Crippen LogP contribution in [-0.2, 0) is 9.59 Å². The van der Waals surface area contributed by atoms with E-state index in [1.54, 1.807) is 31.3 Å². The molecule has 2 aliphatic heterocycles. The number of piperazine rings is 1. The van der Waals surface area contributed by atoms with Crippen LogP contribution in [0.25, 0.3) is 0 Å². The highest BCUT2D eigenvalue weighted by Gasteiger charge is 2.44. The zero-order valence-corrected chi connectivity index (χ0v) is 25.4. The summed E-state index contributed by atoms with van der Waals surface area (Å²) in [6.45, 7) is 2.62. The topological polar surface area (TPSA) is 90.0 Å². The summed E-state index contributed by atoms with van der Waals surface area (Å²) >= 11 is 0. The molecule has 10 nitrogen and oxygen atoms in total. The van der Waals surface area contributed by atoms with Gasteiger partial charge in [-0.2, -0.15) is 0 Å². The number of piperidine rings is 1. The van der Waals surface area contributed by atoms with Gasteiger partial charge in [-0.1, -0.05) is 12.1 Å². The molecule has 2 fully saturated rings. The fourth-order valence-electron chi connectivity index (χ4n) is 6.06. The molecule has 0 bridgehead atoms. The van der Waals surface area contributed by atoms with E-state index in [2.05, 4.69) is 4.90 Å². The Labute approximate surface area is 252 Å². The number of ether oxygens (including phenoxy) is 5. The lowest BCUT2D eigenvalue weighted by Crippen LogP contribution is -2.54. The van der Waals surface area contributed by atoms with Crippen LogP contribution in [-0.4, -0.2) is 78.4 Å². The van der Waals surface area contributed by atoms with Gasteiger partial charge in [0.2, 0.25) is 17.6 Å². The number of amides is 2. The molecule has 43 heavy (non-hydrogen) atoms. The van der Waals surface area contributed by atoms with Gasteiger partial charge in [0.25, 0.3) is 0 Å². The predicted octanol–water partition coefficient (Wildman–Crippen LogP) is 4.56. The number of methoxy groups -OCH3 is 5. The van der Waals surface area contributed by atoms with Crippen LogP contribution >= 0.6 is 0 Å². The van der Waals surface area contributed by atoms with Gasteiger partial charge < -0.3 is 38.4 Å². The molecule has 228 valence electrons. The van der Waals surface area contributed by atoms with E-state index in [0.717, 1.165) is 17.0 Å². The molecule has 5 rings (SSSR count). The Hall–Kier alpha value is -4.60. The highest BCUT2D eigenvalue weighted by molar-refractivity contribution is 5.98. The van der Waals surface area contributed by atoms with E-state index in [-0.39, 0.29) is 18.2 Å². The molecule has 3 aromatic rings. The molecule has 0 radical (unpaired) electrons. The summed E-state index contributed by atoms with van der Waals surface area (Å²) in [7, 11) is 7.88. The largest absolute Gasteiger partial charge is 0.497 e. The summed E-state index contributed by atoms with van der Waals surface area (Å²) in [6.07, 6.45) is 0.694. The van der Waals surface area contributed by atoms with Crippen LogP contribution in [0, 0.1) is 5.92 Å². The second-order valence-electron chi connectivity index (χ2n) is 10.5. The zero-order valence-electron chi connectivity index (χ0n) is 25.4. The standard InChI is InChI=1S/C33H39N3O7/c1-39-25-10-6-22(7-11-25)31-27(33(38)35-18-16-34(17-19-35)23-8-12-26(40-2)13-9-23)14-15-30(37)36(31)24-20-28(41-3)32(43-5)29(21-24)42-4/h6-13,20-21,27,31H,14-19H2,1-5H3/t27-,31-/m1/s1. The highest BCUT2D eigenvalue weighted by atomic mass is 16.5. The number of nitrogens with zero attached hydrogens (tertiary/aromatic N) is 3. The maximum atomic E-state index is 14.3. The molecular formula is C33H39N3O7. The summed E-state index contributed by atoms with van der Waals surface area (Å²) in [5.74, 6) is 2.32. The molecular weight excluding hydrogens is 550 g/mol. The van der Waals surface area contributed by atoms with E-state index in [4.69, 9.17) is 23.7 Å². The second-order valence-corrected chi connectivity index (χ2v) is 10.5. The third-order valence-electron chi connectivity index (χ3n) is 8.33. The van der Waals surface area contributed by atoms with Crippen LogP contribution in [0.5, 0.6) is 28.7 Å². The third-order valence-corrected chi connectivity index (χ3v) is 8.33.